The van der Waals surface area contributed by atoms with Crippen molar-refractivity contribution >= 4 is 27.8 Å². The van der Waals surface area contributed by atoms with Gasteiger partial charge in [0.1, 0.15) is 29.9 Å². The summed E-state index contributed by atoms with van der Waals surface area (Å²) in [6, 6.07) is 5.71. The van der Waals surface area contributed by atoms with E-state index in [1.54, 1.807) is 11.7 Å². The third-order valence-corrected chi connectivity index (χ3v) is 6.19. The van der Waals surface area contributed by atoms with Crippen molar-refractivity contribution in [1.29, 1.82) is 0 Å². The maximum Gasteiger partial charge on any atom is 0.278 e. The molecule has 10 heteroatoms. The number of hydrogen-bond donors (Lipinski definition) is 1. The van der Waals surface area contributed by atoms with E-state index in [-0.39, 0.29) is 30.6 Å². The number of nitrogens with zero attached hydrogens (tertiary/aromatic N) is 5. The molecule has 3 aromatic heterocycles. The van der Waals surface area contributed by atoms with Crippen molar-refractivity contribution in [3.05, 3.63) is 46.6 Å². The molecule has 0 radical (unpaired) electrons. The molecule has 1 aliphatic rings. The minimum Gasteiger partial charge on any atom is -0.497 e. The molecule has 0 unspecified atom stereocenters. The number of amides is 1. The average Bonchev–Trinajstić information content (AvgIpc) is 3.56. The molecule has 1 fully saturated rings. The molecule has 0 spiro atoms. The van der Waals surface area contributed by atoms with E-state index in [9.17, 15) is 9.59 Å². The van der Waals surface area contributed by atoms with Gasteiger partial charge in [-0.15, -0.1) is 0 Å². The number of aryl methyl sites for hydroxylation is 1. The van der Waals surface area contributed by atoms with Gasteiger partial charge in [-0.25, -0.2) is 4.98 Å². The third kappa shape index (κ3) is 3.96. The average molecular weight is 450 g/mol. The van der Waals surface area contributed by atoms with Gasteiger partial charge in [0.25, 0.3) is 5.56 Å². The van der Waals surface area contributed by atoms with Crippen LogP contribution in [0.2, 0.25) is 0 Å². The molecule has 3 heterocycles. The molecule has 0 atom stereocenters. The molecular formula is C23H26N6O4. The second-order valence-electron chi connectivity index (χ2n) is 8.35. The predicted molar refractivity (Wildman–Crippen MR) is 121 cm³/mol. The van der Waals surface area contributed by atoms with Crippen LogP contribution in [0.4, 0.5) is 0 Å². The highest BCUT2D eigenvalue weighted by Gasteiger charge is 2.22. The Labute approximate surface area is 189 Å². The standard InChI is InChI=1S/C23H26N6O4/c1-3-18-26-20(33-27-18)12-28-13-24-21-16-10-15(32-2)8-9-17(16)29(22(21)23(28)31)11-19(30)25-14-6-4-5-7-14/h8-10,13-14H,3-7,11-12H2,1-2H3,(H,25,30). The first-order valence-corrected chi connectivity index (χ1v) is 11.2. The van der Waals surface area contributed by atoms with E-state index >= 15 is 0 Å². The quantitative estimate of drug-likeness (QED) is 0.459. The summed E-state index contributed by atoms with van der Waals surface area (Å²) in [6.45, 7) is 2.07. The molecule has 1 aliphatic carbocycles. The fourth-order valence-electron chi connectivity index (χ4n) is 4.51. The molecule has 4 aromatic rings. The summed E-state index contributed by atoms with van der Waals surface area (Å²) in [4.78, 5) is 35.3. The second-order valence-corrected chi connectivity index (χ2v) is 8.35. The molecule has 5 rings (SSSR count). The van der Waals surface area contributed by atoms with Gasteiger partial charge >= 0.3 is 0 Å². The lowest BCUT2D eigenvalue weighted by atomic mass is 10.2. The summed E-state index contributed by atoms with van der Waals surface area (Å²) in [6.07, 6.45) is 6.36. The van der Waals surface area contributed by atoms with Crippen molar-refractivity contribution in [2.45, 2.75) is 58.2 Å². The number of carbonyl (C=O) groups is 1. The zero-order valence-electron chi connectivity index (χ0n) is 18.7. The van der Waals surface area contributed by atoms with Crippen LogP contribution in [0.15, 0.2) is 33.8 Å². The molecule has 33 heavy (non-hydrogen) atoms. The molecule has 0 aliphatic heterocycles. The lowest BCUT2D eigenvalue weighted by molar-refractivity contribution is -0.122. The van der Waals surface area contributed by atoms with Gasteiger partial charge in [0, 0.05) is 17.8 Å². The number of nitrogens with one attached hydrogen (secondary N) is 1. The van der Waals surface area contributed by atoms with Crippen molar-refractivity contribution < 1.29 is 14.1 Å². The number of ether oxygens (including phenoxy) is 1. The van der Waals surface area contributed by atoms with E-state index in [4.69, 9.17) is 9.26 Å². The van der Waals surface area contributed by atoms with Gasteiger partial charge in [-0.2, -0.15) is 4.98 Å². The lowest BCUT2D eigenvalue weighted by Gasteiger charge is -2.13. The highest BCUT2D eigenvalue weighted by atomic mass is 16.5. The first-order valence-electron chi connectivity index (χ1n) is 11.2. The number of benzene rings is 1. The van der Waals surface area contributed by atoms with E-state index in [1.807, 2.05) is 25.1 Å². The van der Waals surface area contributed by atoms with Crippen LogP contribution in [0.1, 0.15) is 44.3 Å². The zero-order valence-corrected chi connectivity index (χ0v) is 18.7. The number of fused-ring (bicyclic) bond motifs is 3. The normalized spacial score (nSPS) is 14.4. The second kappa shape index (κ2) is 8.68. The van der Waals surface area contributed by atoms with Crippen LogP contribution in [0.3, 0.4) is 0 Å². The van der Waals surface area contributed by atoms with E-state index in [0.29, 0.717) is 34.9 Å². The Hall–Kier alpha value is -3.69. The van der Waals surface area contributed by atoms with Crippen LogP contribution in [-0.4, -0.2) is 43.3 Å². The van der Waals surface area contributed by atoms with Gasteiger partial charge in [-0.05, 0) is 31.0 Å². The Kier molecular flexibility index (Phi) is 5.57. The van der Waals surface area contributed by atoms with E-state index < -0.39 is 0 Å². The molecule has 0 saturated heterocycles. The first kappa shape index (κ1) is 21.2. The summed E-state index contributed by atoms with van der Waals surface area (Å²) < 4.78 is 13.8. The summed E-state index contributed by atoms with van der Waals surface area (Å²) in [7, 11) is 1.59. The van der Waals surface area contributed by atoms with E-state index in [2.05, 4.69) is 20.4 Å². The molecule has 1 aromatic carbocycles. The van der Waals surface area contributed by atoms with Crippen LogP contribution < -0.4 is 15.6 Å². The number of carbonyl (C=O) groups excluding carboxylic acids is 1. The monoisotopic (exact) mass is 450 g/mol. The molecule has 1 amide bonds. The van der Waals surface area contributed by atoms with Crippen LogP contribution in [0.5, 0.6) is 5.75 Å². The highest BCUT2D eigenvalue weighted by molar-refractivity contribution is 6.06. The number of aromatic nitrogens is 5. The molecule has 0 bridgehead atoms. The Balaban J connectivity index is 1.59. The molecule has 172 valence electrons. The summed E-state index contributed by atoms with van der Waals surface area (Å²) >= 11 is 0. The number of methoxy groups -OCH3 is 1. The third-order valence-electron chi connectivity index (χ3n) is 6.19. The summed E-state index contributed by atoms with van der Waals surface area (Å²) in [5.74, 6) is 1.45. The summed E-state index contributed by atoms with van der Waals surface area (Å²) in [5, 5.41) is 7.75. The van der Waals surface area contributed by atoms with Gasteiger partial charge in [-0.3, -0.25) is 14.2 Å². The van der Waals surface area contributed by atoms with Crippen molar-refractivity contribution in [2.75, 3.05) is 7.11 Å². The van der Waals surface area contributed by atoms with Crippen molar-refractivity contribution in [3.8, 4) is 5.75 Å². The maximum atomic E-state index is 13.5. The molecule has 1 saturated carbocycles. The van der Waals surface area contributed by atoms with Gasteiger partial charge < -0.3 is 19.1 Å². The SMILES string of the molecule is CCc1noc(Cn2cnc3c4cc(OC)ccc4n(CC(=O)NC4CCCC4)c3c2=O)n1. The smallest absolute Gasteiger partial charge is 0.278 e. The summed E-state index contributed by atoms with van der Waals surface area (Å²) in [5.41, 5.74) is 1.36. The fourth-order valence-corrected chi connectivity index (χ4v) is 4.51. The Morgan fingerprint density at radius 3 is 2.85 bits per heavy atom. The topological polar surface area (TPSA) is 117 Å². The highest BCUT2D eigenvalue weighted by Crippen LogP contribution is 2.29. The molecular weight excluding hydrogens is 424 g/mol. The van der Waals surface area contributed by atoms with Crippen molar-refractivity contribution in [3.63, 3.8) is 0 Å². The van der Waals surface area contributed by atoms with Gasteiger partial charge in [0.15, 0.2) is 5.82 Å². The minimum absolute atomic E-state index is 0.0320. The number of hydrogen-bond acceptors (Lipinski definition) is 7. The lowest BCUT2D eigenvalue weighted by Crippen LogP contribution is -2.35. The maximum absolute atomic E-state index is 13.5. The van der Waals surface area contributed by atoms with E-state index in [0.717, 1.165) is 36.6 Å². The van der Waals surface area contributed by atoms with Crippen LogP contribution >= 0.6 is 0 Å². The van der Waals surface area contributed by atoms with Gasteiger partial charge in [-0.1, -0.05) is 24.9 Å². The van der Waals surface area contributed by atoms with Crippen molar-refractivity contribution in [1.82, 2.24) is 29.6 Å². The van der Waals surface area contributed by atoms with E-state index in [1.165, 1.54) is 10.9 Å². The van der Waals surface area contributed by atoms with Gasteiger partial charge in [0.2, 0.25) is 11.8 Å². The first-order chi connectivity index (χ1) is 16.1. The Morgan fingerprint density at radius 2 is 2.12 bits per heavy atom. The number of rotatable bonds is 7. The fraction of sp³-hybridized carbons (Fsp3) is 0.435. The molecule has 10 nitrogen and oxygen atoms in total. The van der Waals surface area contributed by atoms with Crippen molar-refractivity contribution in [2.24, 2.45) is 0 Å². The Morgan fingerprint density at radius 1 is 1.30 bits per heavy atom. The Bertz CT molecular complexity index is 1380. The van der Waals surface area contributed by atoms with Gasteiger partial charge in [0.05, 0.1) is 19.0 Å². The minimum atomic E-state index is -0.278. The largest absolute Gasteiger partial charge is 0.497 e. The predicted octanol–water partition coefficient (Wildman–Crippen LogP) is 2.41. The van der Waals surface area contributed by atoms with Crippen LogP contribution in [-0.2, 0) is 24.3 Å². The van der Waals surface area contributed by atoms with Crippen LogP contribution in [0, 0.1) is 0 Å². The zero-order chi connectivity index (χ0) is 22.9. The van der Waals surface area contributed by atoms with Crippen LogP contribution in [0.25, 0.3) is 21.9 Å². The molecule has 1 N–H and O–H groups in total.